The van der Waals surface area contributed by atoms with E-state index in [1.54, 1.807) is 0 Å². The number of rotatable bonds is 7. The van der Waals surface area contributed by atoms with Gasteiger partial charge in [-0.1, -0.05) is 18.1 Å². The summed E-state index contributed by atoms with van der Waals surface area (Å²) in [5, 5.41) is 32.4. The molecule has 2 fully saturated rings. The molecule has 1 aliphatic carbocycles. The third-order valence-corrected chi connectivity index (χ3v) is 6.64. The summed E-state index contributed by atoms with van der Waals surface area (Å²) >= 11 is 6.10. The molecular formula is C17H25ClN7O7P. The van der Waals surface area contributed by atoms with Crippen molar-refractivity contribution in [3.05, 3.63) is 5.28 Å². The molecule has 182 valence electrons. The van der Waals surface area contributed by atoms with Crippen LogP contribution in [-0.2, 0) is 14.1 Å². The minimum Gasteiger partial charge on any atom is -0.387 e. The first kappa shape index (κ1) is 24.2. The third kappa shape index (κ3) is 5.27. The van der Waals surface area contributed by atoms with Crippen LogP contribution in [0.25, 0.3) is 11.2 Å². The van der Waals surface area contributed by atoms with Crippen LogP contribution in [0.5, 0.6) is 0 Å². The molecule has 2 aromatic heterocycles. The van der Waals surface area contributed by atoms with E-state index in [0.717, 1.165) is 30.6 Å². The molecule has 0 bridgehead atoms. The molecule has 1 saturated heterocycles. The first-order valence-electron chi connectivity index (χ1n) is 10.4. The number of aliphatic hydroxyl groups excluding tert-OH is 2. The Kier molecular flexibility index (Phi) is 6.87. The van der Waals surface area contributed by atoms with E-state index < -0.39 is 44.2 Å². The van der Waals surface area contributed by atoms with E-state index in [9.17, 15) is 19.6 Å². The molecule has 1 aliphatic heterocycles. The van der Waals surface area contributed by atoms with Crippen LogP contribution in [0.4, 0.5) is 5.82 Å². The predicted octanol–water partition coefficient (Wildman–Crippen LogP) is -0.516. The summed E-state index contributed by atoms with van der Waals surface area (Å²) < 4.78 is 18.0. The van der Waals surface area contributed by atoms with Crippen molar-refractivity contribution in [2.75, 3.05) is 25.1 Å². The first-order valence-corrected chi connectivity index (χ1v) is 12.6. The number of nitrogens with one attached hydrogen (secondary N) is 1. The fourth-order valence-electron chi connectivity index (χ4n) is 4.09. The fourth-order valence-corrected chi connectivity index (χ4v) is 4.85. The van der Waals surface area contributed by atoms with Gasteiger partial charge in [0.05, 0.1) is 0 Å². The van der Waals surface area contributed by atoms with Crippen molar-refractivity contribution in [1.82, 2.24) is 29.9 Å². The van der Waals surface area contributed by atoms with Crippen molar-refractivity contribution >= 4 is 42.1 Å². The van der Waals surface area contributed by atoms with E-state index in [0.29, 0.717) is 11.3 Å². The smallest absolute Gasteiger partial charge is 0.334 e. The summed E-state index contributed by atoms with van der Waals surface area (Å²) in [5.74, 6) is -0.416. The number of hydrogen-bond donors (Lipinski definition) is 5. The third-order valence-electron chi connectivity index (χ3n) is 5.79. The topological polar surface area (TPSA) is 196 Å². The molecule has 4 atom stereocenters. The lowest BCUT2D eigenvalue weighted by Gasteiger charge is -2.23. The van der Waals surface area contributed by atoms with E-state index >= 15 is 0 Å². The van der Waals surface area contributed by atoms with Crippen molar-refractivity contribution in [1.29, 1.82) is 0 Å². The average molecular weight is 506 g/mol. The Morgan fingerprint density at radius 3 is 2.64 bits per heavy atom. The molecule has 5 N–H and O–H groups in total. The van der Waals surface area contributed by atoms with E-state index in [1.165, 1.54) is 11.7 Å². The quantitative estimate of drug-likeness (QED) is 0.239. The Labute approximate surface area is 193 Å². The molecule has 1 saturated carbocycles. The number of nitrogens with zero attached hydrogens (tertiary/aromatic N) is 6. The monoisotopic (exact) mass is 505 g/mol. The van der Waals surface area contributed by atoms with Crippen LogP contribution in [-0.4, -0.2) is 99.9 Å². The molecular weight excluding hydrogens is 481 g/mol. The van der Waals surface area contributed by atoms with E-state index in [4.69, 9.17) is 26.1 Å². The number of carbonyl (C=O) groups excluding carboxylic acids is 1. The SMILES string of the molecule is CN(C[C@H]1O[C@@H](n2nnc3c(NC4CCCC4)nc(Cl)nc32)[C@H](O)[C@@H]1O)C(=O)CP(=O)(O)O. The molecule has 4 rings (SSSR count). The van der Waals surface area contributed by atoms with Gasteiger partial charge in [0.15, 0.2) is 23.2 Å². The molecule has 16 heteroatoms. The zero-order chi connectivity index (χ0) is 23.9. The number of halogens is 1. The number of carbonyl (C=O) groups is 1. The largest absolute Gasteiger partial charge is 0.387 e. The fraction of sp³-hybridized carbons (Fsp3) is 0.706. The Balaban J connectivity index is 1.54. The van der Waals surface area contributed by atoms with Gasteiger partial charge in [-0.15, -0.1) is 5.10 Å². The second kappa shape index (κ2) is 9.37. The maximum Gasteiger partial charge on any atom is 0.334 e. The van der Waals surface area contributed by atoms with Gasteiger partial charge in [-0.3, -0.25) is 9.36 Å². The highest BCUT2D eigenvalue weighted by molar-refractivity contribution is 7.52. The molecule has 1 amide bonds. The Bertz CT molecular complexity index is 1080. The van der Waals surface area contributed by atoms with Crippen LogP contribution >= 0.6 is 19.2 Å². The Morgan fingerprint density at radius 1 is 1.27 bits per heavy atom. The van der Waals surface area contributed by atoms with Gasteiger partial charge in [-0.25, -0.2) is 0 Å². The second-order valence-electron chi connectivity index (χ2n) is 8.32. The lowest BCUT2D eigenvalue weighted by molar-refractivity contribution is -0.130. The predicted molar refractivity (Wildman–Crippen MR) is 114 cm³/mol. The number of aliphatic hydroxyl groups is 2. The normalized spacial score (nSPS) is 26.2. The van der Waals surface area contributed by atoms with Crippen LogP contribution < -0.4 is 5.32 Å². The van der Waals surface area contributed by atoms with Crippen LogP contribution in [0.3, 0.4) is 0 Å². The highest BCUT2D eigenvalue weighted by Gasteiger charge is 2.46. The molecule has 0 spiro atoms. The van der Waals surface area contributed by atoms with Crippen molar-refractivity contribution in [3.63, 3.8) is 0 Å². The zero-order valence-electron chi connectivity index (χ0n) is 17.7. The molecule has 0 radical (unpaired) electrons. The molecule has 0 aromatic carbocycles. The maximum absolute atomic E-state index is 12.0. The standard InChI is InChI=1S/C17H25ClN7O7P/c1-24(10(26)7-33(29,30)31)6-9-12(27)13(28)16(32-9)25-15-11(22-23-25)14(20-17(18)21-15)19-8-4-2-3-5-8/h8-9,12-13,16,27-28H,2-7H2,1H3,(H,19,20,21)(H2,29,30,31)/t9-,12-,13-,16-/m1/s1. The van der Waals surface area contributed by atoms with Gasteiger partial charge in [0, 0.05) is 19.6 Å². The van der Waals surface area contributed by atoms with E-state index in [1.807, 2.05) is 0 Å². The van der Waals surface area contributed by atoms with Gasteiger partial charge >= 0.3 is 7.60 Å². The van der Waals surface area contributed by atoms with Gasteiger partial charge in [-0.2, -0.15) is 14.6 Å². The molecule has 2 aliphatic rings. The number of hydrogen-bond acceptors (Lipinski definition) is 10. The Hall–Kier alpha value is -1.93. The lowest BCUT2D eigenvalue weighted by atomic mass is 10.1. The van der Waals surface area contributed by atoms with Gasteiger partial charge in [-0.05, 0) is 24.4 Å². The lowest BCUT2D eigenvalue weighted by Crippen LogP contribution is -2.41. The van der Waals surface area contributed by atoms with Crippen molar-refractivity contribution in [2.24, 2.45) is 0 Å². The summed E-state index contributed by atoms with van der Waals surface area (Å²) in [6.07, 6.45) is -1.87. The summed E-state index contributed by atoms with van der Waals surface area (Å²) in [7, 11) is -3.23. The number of anilines is 1. The minimum absolute atomic E-state index is 0.0566. The molecule has 14 nitrogen and oxygen atoms in total. The van der Waals surface area contributed by atoms with Gasteiger partial charge < -0.3 is 35.0 Å². The highest BCUT2D eigenvalue weighted by Crippen LogP contribution is 2.35. The Morgan fingerprint density at radius 2 is 1.97 bits per heavy atom. The number of likely N-dealkylation sites (N-methyl/N-ethyl adjacent to an activating group) is 1. The highest BCUT2D eigenvalue weighted by atomic mass is 35.5. The second-order valence-corrected chi connectivity index (χ2v) is 10.3. The van der Waals surface area contributed by atoms with Gasteiger partial charge in [0.25, 0.3) is 0 Å². The molecule has 33 heavy (non-hydrogen) atoms. The summed E-state index contributed by atoms with van der Waals surface area (Å²) in [4.78, 5) is 39.4. The molecule has 0 unspecified atom stereocenters. The maximum atomic E-state index is 12.0. The van der Waals surface area contributed by atoms with E-state index in [2.05, 4.69) is 25.6 Å². The number of amides is 1. The summed E-state index contributed by atoms with van der Waals surface area (Å²) in [5.41, 5.74) is 0.521. The first-order chi connectivity index (χ1) is 15.5. The summed E-state index contributed by atoms with van der Waals surface area (Å²) in [6, 6.07) is 0.227. The van der Waals surface area contributed by atoms with Crippen molar-refractivity contribution in [2.45, 2.75) is 56.3 Å². The number of fused-ring (bicyclic) bond motifs is 1. The minimum atomic E-state index is -4.55. The molecule has 2 aromatic rings. The van der Waals surface area contributed by atoms with Gasteiger partial charge in [0.1, 0.15) is 24.5 Å². The van der Waals surface area contributed by atoms with E-state index in [-0.39, 0.29) is 23.5 Å². The number of ether oxygens (including phenoxy) is 1. The van der Waals surface area contributed by atoms with Crippen LogP contribution in [0, 0.1) is 0 Å². The van der Waals surface area contributed by atoms with Crippen molar-refractivity contribution < 1.29 is 34.1 Å². The van der Waals surface area contributed by atoms with Crippen LogP contribution in [0.15, 0.2) is 0 Å². The zero-order valence-corrected chi connectivity index (χ0v) is 19.3. The van der Waals surface area contributed by atoms with Gasteiger partial charge in [0.2, 0.25) is 11.2 Å². The van der Waals surface area contributed by atoms with Crippen molar-refractivity contribution in [3.8, 4) is 0 Å². The number of aromatic nitrogens is 5. The summed E-state index contributed by atoms with van der Waals surface area (Å²) in [6.45, 7) is -0.218. The molecule has 3 heterocycles. The average Bonchev–Trinajstić information content (AvgIpc) is 3.43. The van der Waals surface area contributed by atoms with Crippen LogP contribution in [0.1, 0.15) is 31.9 Å². The van der Waals surface area contributed by atoms with Crippen LogP contribution in [0.2, 0.25) is 5.28 Å².